The number of likely N-dealkylation sites (N-methyl/N-ethyl adjacent to an activating group) is 1. The van der Waals surface area contributed by atoms with Gasteiger partial charge in [-0.1, -0.05) is 12.5 Å². The summed E-state index contributed by atoms with van der Waals surface area (Å²) in [7, 11) is 1.84. The molecule has 0 spiro atoms. The minimum atomic E-state index is -0.651. The van der Waals surface area contributed by atoms with Crippen LogP contribution in [0.1, 0.15) is 31.5 Å². The van der Waals surface area contributed by atoms with Gasteiger partial charge in [-0.3, -0.25) is 4.79 Å². The number of amides is 1. The molecule has 0 unspecified atom stereocenters. The monoisotopic (exact) mass is 449 g/mol. The molecule has 0 radical (unpaired) electrons. The van der Waals surface area contributed by atoms with Crippen LogP contribution in [0, 0.1) is 0 Å². The number of nitrogens with one attached hydrogen (secondary N) is 1. The Kier molecular flexibility index (Phi) is 6.50. The Labute approximate surface area is 166 Å². The summed E-state index contributed by atoms with van der Waals surface area (Å²) < 4.78 is 0. The molecule has 0 atom stereocenters. The second-order valence-electron chi connectivity index (χ2n) is 7.00. The number of imidazole rings is 1. The van der Waals surface area contributed by atoms with Gasteiger partial charge in [0.2, 0.25) is 5.91 Å². The fourth-order valence-electron chi connectivity index (χ4n) is 2.94. The number of rotatable bonds is 6. The van der Waals surface area contributed by atoms with Crippen LogP contribution in [0.2, 0.25) is 0 Å². The summed E-state index contributed by atoms with van der Waals surface area (Å²) in [5.74, 6) is 1.13. The van der Waals surface area contributed by atoms with Crippen molar-refractivity contribution in [2.24, 2.45) is 0 Å². The molecule has 3 rings (SSSR count). The molecule has 1 aliphatic rings. The molecule has 0 bridgehead atoms. The molecule has 0 aromatic carbocycles. The maximum atomic E-state index is 12.3. The number of aliphatic hydroxyl groups excluding tert-OH is 1. The van der Waals surface area contributed by atoms with E-state index >= 15 is 0 Å². The second-order valence-corrected chi connectivity index (χ2v) is 7.00. The molecule has 2 N–H and O–H groups in total. The van der Waals surface area contributed by atoms with E-state index in [1.54, 1.807) is 20.0 Å². The van der Waals surface area contributed by atoms with E-state index in [1.165, 1.54) is 6.33 Å². The summed E-state index contributed by atoms with van der Waals surface area (Å²) in [4.78, 5) is 31.5. The van der Waals surface area contributed by atoms with E-state index in [4.69, 9.17) is 0 Å². The number of aliphatic hydroxyl groups is 1. The van der Waals surface area contributed by atoms with E-state index < -0.39 is 5.54 Å². The molecule has 0 saturated carbocycles. The van der Waals surface area contributed by atoms with Crippen LogP contribution in [0.5, 0.6) is 0 Å². The zero-order valence-corrected chi connectivity index (χ0v) is 16.7. The van der Waals surface area contributed by atoms with Gasteiger partial charge in [0, 0.05) is 38.7 Å². The molecule has 0 aliphatic heterocycles. The Bertz CT molecular complexity index is 763. The van der Waals surface area contributed by atoms with Gasteiger partial charge in [-0.05, 0) is 38.8 Å². The quantitative estimate of drug-likeness (QED) is 0.611. The molecule has 2 heterocycles. The van der Waals surface area contributed by atoms with Crippen LogP contribution in [-0.4, -0.2) is 51.7 Å². The van der Waals surface area contributed by atoms with Crippen molar-refractivity contribution in [2.75, 3.05) is 25.1 Å². The Morgan fingerprint density at radius 3 is 2.81 bits per heavy atom. The minimum Gasteiger partial charge on any atom is -0.449 e. The molecule has 0 fully saturated rings. The maximum absolute atomic E-state index is 12.3. The molecular weight excluding hydrogens is 427 g/mol. The molecular formula is C17H23N6O2Pd-. The van der Waals surface area contributed by atoms with E-state index in [1.807, 2.05) is 11.9 Å². The number of nitrogens with zero attached hydrogens (tertiary/aromatic N) is 5. The SMILES string of the molecule is CN(CC(=O)NC(C)(C)CO)c1nc(-c2c[n-]cn2)nc2c1CCC2.[Pd]. The van der Waals surface area contributed by atoms with Gasteiger partial charge in [0.05, 0.1) is 18.7 Å². The predicted molar refractivity (Wildman–Crippen MR) is 93.2 cm³/mol. The van der Waals surface area contributed by atoms with Crippen LogP contribution in [0.4, 0.5) is 5.82 Å². The van der Waals surface area contributed by atoms with E-state index in [0.717, 1.165) is 36.3 Å². The van der Waals surface area contributed by atoms with Crippen molar-refractivity contribution in [3.63, 3.8) is 0 Å². The van der Waals surface area contributed by atoms with Crippen LogP contribution in [0.25, 0.3) is 11.5 Å². The zero-order valence-electron chi connectivity index (χ0n) is 15.1. The van der Waals surface area contributed by atoms with Crippen LogP contribution in [0.3, 0.4) is 0 Å². The van der Waals surface area contributed by atoms with E-state index in [9.17, 15) is 9.90 Å². The third-order valence-corrected chi connectivity index (χ3v) is 4.22. The van der Waals surface area contributed by atoms with Gasteiger partial charge in [0.25, 0.3) is 0 Å². The van der Waals surface area contributed by atoms with Gasteiger partial charge in [0.15, 0.2) is 5.82 Å². The standard InChI is InChI=1S/C17H24N6O2.Pd/c1-17(2,9-24)22-14(25)8-23(3)16-11-5-4-6-12(11)20-15(21-16)13-7-18-10-19-13;/h7,10,24H,4-6,8-9H2,1-3H3,(H2,18,19,20,21,22,25);/p-1. The number of anilines is 1. The summed E-state index contributed by atoms with van der Waals surface area (Å²) in [6.45, 7) is 3.59. The molecule has 0 saturated heterocycles. The largest absolute Gasteiger partial charge is 0.449 e. The van der Waals surface area contributed by atoms with Crippen molar-refractivity contribution >= 4 is 11.7 Å². The molecule has 9 heteroatoms. The first-order valence-electron chi connectivity index (χ1n) is 8.35. The van der Waals surface area contributed by atoms with Gasteiger partial charge < -0.3 is 25.3 Å². The first-order chi connectivity index (χ1) is 11.9. The Balaban J connectivity index is 0.00000243. The van der Waals surface area contributed by atoms with Crippen LogP contribution in [-0.2, 0) is 38.1 Å². The number of hydrogen-bond acceptors (Lipinski definition) is 6. The summed E-state index contributed by atoms with van der Waals surface area (Å²) in [5, 5.41) is 12.1. The normalized spacial score (nSPS) is 13.1. The Morgan fingerprint density at radius 2 is 2.15 bits per heavy atom. The van der Waals surface area contributed by atoms with E-state index in [2.05, 4.69) is 25.3 Å². The summed E-state index contributed by atoms with van der Waals surface area (Å²) >= 11 is 0. The van der Waals surface area contributed by atoms with E-state index in [-0.39, 0.29) is 39.5 Å². The predicted octanol–water partition coefficient (Wildman–Crippen LogP) is 0.305. The average molecular weight is 450 g/mol. The summed E-state index contributed by atoms with van der Waals surface area (Å²) in [5.41, 5.74) is 2.10. The fraction of sp³-hybridized carbons (Fsp3) is 0.529. The summed E-state index contributed by atoms with van der Waals surface area (Å²) in [6.07, 6.45) is 5.96. The smallest absolute Gasteiger partial charge is 0.240 e. The topological polar surface area (TPSA) is 105 Å². The third-order valence-electron chi connectivity index (χ3n) is 4.22. The van der Waals surface area contributed by atoms with Crippen molar-refractivity contribution in [1.29, 1.82) is 0 Å². The van der Waals surface area contributed by atoms with Gasteiger partial charge in [0.1, 0.15) is 5.82 Å². The molecule has 1 aliphatic carbocycles. The molecule has 26 heavy (non-hydrogen) atoms. The maximum Gasteiger partial charge on any atom is 0.240 e. The number of aryl methyl sites for hydroxylation is 1. The van der Waals surface area contributed by atoms with Crippen molar-refractivity contribution < 1.29 is 30.3 Å². The molecule has 144 valence electrons. The van der Waals surface area contributed by atoms with Crippen LogP contribution in [0.15, 0.2) is 12.5 Å². The molecule has 2 aromatic rings. The Hall–Kier alpha value is -1.82. The molecule has 2 aromatic heterocycles. The van der Waals surface area contributed by atoms with Gasteiger partial charge in [-0.15, -0.1) is 0 Å². The van der Waals surface area contributed by atoms with Crippen molar-refractivity contribution in [3.8, 4) is 11.5 Å². The number of hydrogen-bond donors (Lipinski definition) is 2. The molecule has 8 nitrogen and oxygen atoms in total. The van der Waals surface area contributed by atoms with Crippen LogP contribution >= 0.6 is 0 Å². The fourth-order valence-corrected chi connectivity index (χ4v) is 2.94. The second kappa shape index (κ2) is 8.25. The number of carbonyl (C=O) groups is 1. The van der Waals surface area contributed by atoms with E-state index in [0.29, 0.717) is 11.5 Å². The first-order valence-corrected chi connectivity index (χ1v) is 8.35. The van der Waals surface area contributed by atoms with Crippen molar-refractivity contribution in [3.05, 3.63) is 23.8 Å². The average Bonchev–Trinajstić information content (AvgIpc) is 3.24. The summed E-state index contributed by atoms with van der Waals surface area (Å²) in [6, 6.07) is 0. The van der Waals surface area contributed by atoms with Gasteiger partial charge in [-0.25, -0.2) is 9.97 Å². The molecule has 1 amide bonds. The first kappa shape index (κ1) is 20.5. The zero-order chi connectivity index (χ0) is 18.0. The number of fused-ring (bicyclic) bond motifs is 1. The van der Waals surface area contributed by atoms with Gasteiger partial charge >= 0.3 is 0 Å². The number of carbonyl (C=O) groups excluding carboxylic acids is 1. The van der Waals surface area contributed by atoms with Gasteiger partial charge in [-0.2, -0.15) is 0 Å². The third kappa shape index (κ3) is 4.47. The number of aromatic nitrogens is 4. The van der Waals surface area contributed by atoms with Crippen molar-refractivity contribution in [1.82, 2.24) is 25.3 Å². The minimum absolute atomic E-state index is 0. The van der Waals surface area contributed by atoms with Crippen LogP contribution < -0.4 is 15.2 Å². The Morgan fingerprint density at radius 1 is 1.38 bits per heavy atom. The van der Waals surface area contributed by atoms with Crippen molar-refractivity contribution in [2.45, 2.75) is 38.6 Å².